The Bertz CT molecular complexity index is 3500. The quantitative estimate of drug-likeness (QED) is 0.167. The summed E-state index contributed by atoms with van der Waals surface area (Å²) in [7, 11) is 0. The molecule has 0 atom stereocenters. The summed E-state index contributed by atoms with van der Waals surface area (Å²) in [5, 5.41) is 3.55. The first kappa shape index (κ1) is 33.1. The van der Waals surface area contributed by atoms with E-state index < -0.39 is 5.41 Å². The molecule has 2 aliphatic carbocycles. The summed E-state index contributed by atoms with van der Waals surface area (Å²) in [5.74, 6) is 0.925. The van der Waals surface area contributed by atoms with Gasteiger partial charge in [-0.25, -0.2) is 9.97 Å². The second-order valence-corrected chi connectivity index (χ2v) is 16.1. The monoisotopic (exact) mass is 761 g/mol. The van der Waals surface area contributed by atoms with Crippen LogP contribution in [0.3, 0.4) is 0 Å². The topological polar surface area (TPSA) is 30.7 Å². The van der Waals surface area contributed by atoms with Crippen LogP contribution in [-0.2, 0) is 5.41 Å². The van der Waals surface area contributed by atoms with Crippen molar-refractivity contribution in [3.05, 3.63) is 235 Å². The molecule has 9 aromatic carbocycles. The van der Waals surface area contributed by atoms with Crippen molar-refractivity contribution >= 4 is 32.7 Å². The van der Waals surface area contributed by atoms with Crippen LogP contribution in [0.2, 0.25) is 0 Å². The SMILES string of the molecule is c1ccc(-n2c(-c3ccc(-c4cccc(-c5nc6ccccc6c6cc7c(cc56)C5(c6ccccc6-c6ccccc65)c5ccccc5-7)c4)cc3)nc3ccccc32)cc1. The first-order valence-corrected chi connectivity index (χ1v) is 20.7. The van der Waals surface area contributed by atoms with Gasteiger partial charge in [0.05, 0.1) is 27.7 Å². The molecule has 0 aliphatic heterocycles. The van der Waals surface area contributed by atoms with Gasteiger partial charge in [0, 0.05) is 27.6 Å². The van der Waals surface area contributed by atoms with E-state index in [1.165, 1.54) is 49.9 Å². The smallest absolute Gasteiger partial charge is 0.145 e. The summed E-state index contributed by atoms with van der Waals surface area (Å²) in [5.41, 5.74) is 19.7. The van der Waals surface area contributed by atoms with Crippen LogP contribution in [0.1, 0.15) is 22.3 Å². The van der Waals surface area contributed by atoms with Gasteiger partial charge in [0.1, 0.15) is 5.82 Å². The van der Waals surface area contributed by atoms with E-state index in [1.54, 1.807) is 0 Å². The average Bonchev–Trinajstić information content (AvgIpc) is 3.95. The molecule has 0 bridgehead atoms. The van der Waals surface area contributed by atoms with Crippen LogP contribution in [0.4, 0.5) is 0 Å². The van der Waals surface area contributed by atoms with Gasteiger partial charge in [0.15, 0.2) is 0 Å². The molecule has 2 aliphatic rings. The molecule has 3 nitrogen and oxygen atoms in total. The van der Waals surface area contributed by atoms with Gasteiger partial charge in [0.25, 0.3) is 0 Å². The van der Waals surface area contributed by atoms with E-state index in [0.717, 1.165) is 66.8 Å². The molecule has 0 amide bonds. The number of fused-ring (bicyclic) bond motifs is 14. The summed E-state index contributed by atoms with van der Waals surface area (Å²) < 4.78 is 2.25. The summed E-state index contributed by atoms with van der Waals surface area (Å²) in [6, 6.07) is 77.2. The minimum atomic E-state index is -0.430. The number of nitrogens with zero attached hydrogens (tertiary/aromatic N) is 3. The van der Waals surface area contributed by atoms with E-state index in [0.29, 0.717) is 0 Å². The van der Waals surface area contributed by atoms with E-state index >= 15 is 0 Å². The van der Waals surface area contributed by atoms with Crippen molar-refractivity contribution < 1.29 is 0 Å². The third-order valence-electron chi connectivity index (χ3n) is 13.0. The van der Waals surface area contributed by atoms with Crippen molar-refractivity contribution in [2.45, 2.75) is 5.41 Å². The van der Waals surface area contributed by atoms with E-state index in [1.807, 2.05) is 0 Å². The number of aromatic nitrogens is 3. The van der Waals surface area contributed by atoms with Crippen LogP contribution in [0.25, 0.3) is 94.4 Å². The first-order valence-electron chi connectivity index (χ1n) is 20.7. The zero-order valence-corrected chi connectivity index (χ0v) is 32.5. The Morgan fingerprint density at radius 1 is 0.333 bits per heavy atom. The fourth-order valence-electron chi connectivity index (χ4n) is 10.5. The van der Waals surface area contributed by atoms with Crippen LogP contribution < -0.4 is 0 Å². The lowest BCUT2D eigenvalue weighted by Gasteiger charge is -2.30. The zero-order chi connectivity index (χ0) is 39.4. The number of imidazole rings is 1. The normalized spacial score (nSPS) is 13.1. The molecule has 3 heteroatoms. The maximum Gasteiger partial charge on any atom is 0.145 e. The Hall–Kier alpha value is -7.88. The van der Waals surface area contributed by atoms with E-state index in [4.69, 9.17) is 9.97 Å². The minimum Gasteiger partial charge on any atom is -0.292 e. The molecule has 13 rings (SSSR count). The van der Waals surface area contributed by atoms with Crippen molar-refractivity contribution in [1.82, 2.24) is 14.5 Å². The summed E-state index contributed by atoms with van der Waals surface area (Å²) in [6.45, 7) is 0. The minimum absolute atomic E-state index is 0.430. The molecule has 0 N–H and O–H groups in total. The molecule has 60 heavy (non-hydrogen) atoms. The lowest BCUT2D eigenvalue weighted by atomic mass is 9.70. The molecule has 2 aromatic heterocycles. The summed E-state index contributed by atoms with van der Waals surface area (Å²) in [4.78, 5) is 10.6. The van der Waals surface area contributed by atoms with Crippen LogP contribution in [0, 0.1) is 0 Å². The van der Waals surface area contributed by atoms with Gasteiger partial charge in [-0.1, -0.05) is 164 Å². The fourth-order valence-corrected chi connectivity index (χ4v) is 10.5. The molecule has 0 radical (unpaired) electrons. The zero-order valence-electron chi connectivity index (χ0n) is 32.5. The molecular formula is C57H35N3. The number of para-hydroxylation sites is 4. The number of hydrogen-bond donors (Lipinski definition) is 0. The highest BCUT2D eigenvalue weighted by molar-refractivity contribution is 6.14. The predicted molar refractivity (Wildman–Crippen MR) is 246 cm³/mol. The Labute approximate surface area is 347 Å². The number of benzene rings is 9. The van der Waals surface area contributed by atoms with Crippen molar-refractivity contribution in [2.75, 3.05) is 0 Å². The standard InChI is InChI=1S/C57H35N3/c1-2-17-40(18-3-1)60-54-28-13-12-27-53(54)59-56(60)37-31-29-36(30-32-37)38-15-14-16-39(33-38)55-47-35-51-46(34-45(47)44-22-7-11-26-52(44)58-55)43-21-6-10-25-50(43)57(51)48-23-8-4-19-41(48)42-20-5-9-24-49(42)57/h1-35H. The Morgan fingerprint density at radius 2 is 0.917 bits per heavy atom. The Balaban J connectivity index is 0.993. The Morgan fingerprint density at radius 3 is 1.65 bits per heavy atom. The number of pyridine rings is 1. The highest BCUT2D eigenvalue weighted by Gasteiger charge is 2.51. The molecule has 0 saturated carbocycles. The summed E-state index contributed by atoms with van der Waals surface area (Å²) in [6.07, 6.45) is 0. The van der Waals surface area contributed by atoms with Crippen molar-refractivity contribution in [3.8, 4) is 61.7 Å². The van der Waals surface area contributed by atoms with Gasteiger partial charge >= 0.3 is 0 Å². The summed E-state index contributed by atoms with van der Waals surface area (Å²) >= 11 is 0. The van der Waals surface area contributed by atoms with Gasteiger partial charge in [-0.05, 0) is 110 Å². The molecule has 0 fully saturated rings. The molecule has 1 spiro atoms. The molecule has 0 unspecified atom stereocenters. The van der Waals surface area contributed by atoms with Crippen LogP contribution in [0.5, 0.6) is 0 Å². The van der Waals surface area contributed by atoms with Crippen molar-refractivity contribution in [1.29, 1.82) is 0 Å². The molecule has 0 saturated heterocycles. The molecular weight excluding hydrogens is 727 g/mol. The van der Waals surface area contributed by atoms with Gasteiger partial charge in [0.2, 0.25) is 0 Å². The third-order valence-corrected chi connectivity index (χ3v) is 13.0. The van der Waals surface area contributed by atoms with Crippen LogP contribution >= 0.6 is 0 Å². The Kier molecular flexibility index (Phi) is 6.93. The third kappa shape index (κ3) is 4.54. The lowest BCUT2D eigenvalue weighted by molar-refractivity contribution is 0.795. The largest absolute Gasteiger partial charge is 0.292 e. The second kappa shape index (κ2) is 12.6. The number of hydrogen-bond acceptors (Lipinski definition) is 2. The lowest BCUT2D eigenvalue weighted by Crippen LogP contribution is -2.25. The van der Waals surface area contributed by atoms with Gasteiger partial charge in [-0.15, -0.1) is 0 Å². The average molecular weight is 762 g/mol. The maximum atomic E-state index is 5.49. The highest BCUT2D eigenvalue weighted by Crippen LogP contribution is 2.63. The van der Waals surface area contributed by atoms with E-state index in [-0.39, 0.29) is 0 Å². The fraction of sp³-hybridized carbons (Fsp3) is 0.0175. The van der Waals surface area contributed by atoms with Crippen molar-refractivity contribution in [2.24, 2.45) is 0 Å². The van der Waals surface area contributed by atoms with Gasteiger partial charge < -0.3 is 0 Å². The predicted octanol–water partition coefficient (Wildman–Crippen LogP) is 14.1. The van der Waals surface area contributed by atoms with Crippen molar-refractivity contribution in [3.63, 3.8) is 0 Å². The van der Waals surface area contributed by atoms with Crippen LogP contribution in [0.15, 0.2) is 212 Å². The van der Waals surface area contributed by atoms with E-state index in [2.05, 4.69) is 217 Å². The maximum absolute atomic E-state index is 5.49. The van der Waals surface area contributed by atoms with Gasteiger partial charge in [-0.3, -0.25) is 4.57 Å². The van der Waals surface area contributed by atoms with E-state index in [9.17, 15) is 0 Å². The molecule has 278 valence electrons. The molecule has 2 heterocycles. The van der Waals surface area contributed by atoms with Crippen LogP contribution in [-0.4, -0.2) is 14.5 Å². The molecule has 11 aromatic rings. The number of rotatable bonds is 4. The second-order valence-electron chi connectivity index (χ2n) is 16.1. The highest BCUT2D eigenvalue weighted by atomic mass is 15.1. The van der Waals surface area contributed by atoms with Gasteiger partial charge in [-0.2, -0.15) is 0 Å². The first-order chi connectivity index (χ1) is 29.8.